The molecule has 54 valence electrons. The predicted molar refractivity (Wildman–Crippen MR) is 29.7 cm³/mol. The Bertz CT molecular complexity index is 87.0. The summed E-state index contributed by atoms with van der Waals surface area (Å²) >= 11 is 0. The second-order valence-electron chi connectivity index (χ2n) is 1.34. The molecule has 9 heavy (non-hydrogen) atoms. The van der Waals surface area contributed by atoms with Crippen molar-refractivity contribution in [1.29, 1.82) is 0 Å². The maximum Gasteiger partial charge on any atom is 0.188 e. The Kier molecular flexibility index (Phi) is 4.17. The molecule has 0 spiro atoms. The molecule has 0 saturated heterocycles. The third kappa shape index (κ3) is 3.16. The van der Waals surface area contributed by atoms with Crippen LogP contribution in [0.2, 0.25) is 0 Å². The smallest absolute Gasteiger partial charge is 0.188 e. The van der Waals surface area contributed by atoms with E-state index >= 15 is 0 Å². The van der Waals surface area contributed by atoms with Crippen molar-refractivity contribution in [3.8, 4) is 0 Å². The Morgan fingerprint density at radius 2 is 2.33 bits per heavy atom. The first-order valence-electron chi connectivity index (χ1n) is 2.57. The lowest BCUT2D eigenvalue weighted by molar-refractivity contribution is -0.244. The fourth-order valence-corrected chi connectivity index (χ4v) is 0.375. The topological polar surface area (TPSA) is 12.5 Å². The van der Waals surface area contributed by atoms with Gasteiger partial charge in [-0.25, -0.2) is 0 Å². The van der Waals surface area contributed by atoms with Crippen molar-refractivity contribution >= 4 is 0 Å². The summed E-state index contributed by atoms with van der Waals surface area (Å²) in [6.45, 7) is 5.04. The number of rotatable bonds is 4. The normalized spacial score (nSPS) is 13.8. The summed E-state index contributed by atoms with van der Waals surface area (Å²) in [7, 11) is 0. The summed E-state index contributed by atoms with van der Waals surface area (Å²) < 4.78 is 27.6. The molecular formula is C5H9F2NO. The SMILES string of the molecule is C=CC(OCC)N(F)F. The molecule has 0 aliphatic rings. The second-order valence-corrected chi connectivity index (χ2v) is 1.34. The highest BCUT2D eigenvalue weighted by atomic mass is 19.4. The van der Waals surface area contributed by atoms with Gasteiger partial charge in [-0.2, -0.15) is 0 Å². The fraction of sp³-hybridized carbons (Fsp3) is 0.600. The van der Waals surface area contributed by atoms with Gasteiger partial charge in [-0.05, 0) is 13.0 Å². The van der Waals surface area contributed by atoms with Crippen LogP contribution in [0, 0.1) is 0 Å². The van der Waals surface area contributed by atoms with Gasteiger partial charge in [0.15, 0.2) is 6.23 Å². The minimum atomic E-state index is -1.27. The molecule has 0 heterocycles. The van der Waals surface area contributed by atoms with E-state index in [1.54, 1.807) is 6.92 Å². The molecule has 0 radical (unpaired) electrons. The summed E-state index contributed by atoms with van der Waals surface area (Å²) in [6, 6.07) is 0. The van der Waals surface area contributed by atoms with Crippen molar-refractivity contribution in [2.24, 2.45) is 0 Å². The summed E-state index contributed by atoms with van der Waals surface area (Å²) in [5.74, 6) is 0. The highest BCUT2D eigenvalue weighted by Gasteiger charge is 2.12. The molecule has 0 amide bonds. The van der Waals surface area contributed by atoms with E-state index in [1.165, 1.54) is 0 Å². The molecule has 0 rings (SSSR count). The van der Waals surface area contributed by atoms with E-state index < -0.39 is 11.6 Å². The number of nitrogens with zero attached hydrogens (tertiary/aromatic N) is 1. The van der Waals surface area contributed by atoms with Gasteiger partial charge in [-0.1, -0.05) is 15.5 Å². The van der Waals surface area contributed by atoms with Crippen LogP contribution in [-0.4, -0.2) is 18.2 Å². The van der Waals surface area contributed by atoms with Gasteiger partial charge in [0, 0.05) is 6.61 Å². The van der Waals surface area contributed by atoms with Crippen molar-refractivity contribution in [2.75, 3.05) is 6.61 Å². The maximum absolute atomic E-state index is 11.5. The molecule has 0 aromatic rings. The van der Waals surface area contributed by atoms with Crippen molar-refractivity contribution in [3.63, 3.8) is 0 Å². The van der Waals surface area contributed by atoms with Gasteiger partial charge in [0.2, 0.25) is 0 Å². The van der Waals surface area contributed by atoms with Crippen LogP contribution in [0.5, 0.6) is 0 Å². The Labute approximate surface area is 52.6 Å². The maximum atomic E-state index is 11.5. The van der Waals surface area contributed by atoms with E-state index in [2.05, 4.69) is 11.3 Å². The summed E-state index contributed by atoms with van der Waals surface area (Å²) in [5.41, 5.74) is 0. The average Bonchev–Trinajstić information content (AvgIpc) is 1.82. The van der Waals surface area contributed by atoms with Crippen LogP contribution in [-0.2, 0) is 4.74 Å². The number of hydrogen-bond donors (Lipinski definition) is 0. The minimum absolute atomic E-state index is 0.251. The van der Waals surface area contributed by atoms with Crippen LogP contribution in [0.3, 0.4) is 0 Å². The number of ether oxygens (including phenoxy) is 1. The van der Waals surface area contributed by atoms with Crippen LogP contribution in [0.25, 0.3) is 0 Å². The Hall–Kier alpha value is -0.480. The molecule has 0 bridgehead atoms. The summed E-state index contributed by atoms with van der Waals surface area (Å²) in [5, 5.41) is -1.03. The van der Waals surface area contributed by atoms with E-state index in [9.17, 15) is 8.96 Å². The third-order valence-corrected chi connectivity index (χ3v) is 0.731. The van der Waals surface area contributed by atoms with Crippen LogP contribution in [0.15, 0.2) is 12.7 Å². The molecule has 1 atom stereocenters. The van der Waals surface area contributed by atoms with E-state index in [1.807, 2.05) is 0 Å². The van der Waals surface area contributed by atoms with E-state index in [0.717, 1.165) is 6.08 Å². The van der Waals surface area contributed by atoms with Crippen molar-refractivity contribution in [2.45, 2.75) is 13.2 Å². The lowest BCUT2D eigenvalue weighted by atomic mass is 10.6. The van der Waals surface area contributed by atoms with E-state index in [4.69, 9.17) is 0 Å². The molecule has 0 aromatic heterocycles. The Morgan fingerprint density at radius 3 is 2.44 bits per heavy atom. The monoisotopic (exact) mass is 137 g/mol. The lowest BCUT2D eigenvalue weighted by Crippen LogP contribution is -2.21. The standard InChI is InChI=1S/C5H9F2NO/c1-3-5(8(6)7)9-4-2/h3,5H,1,4H2,2H3. The lowest BCUT2D eigenvalue weighted by Gasteiger charge is -2.10. The van der Waals surface area contributed by atoms with E-state index in [0.29, 0.717) is 0 Å². The van der Waals surface area contributed by atoms with Crippen molar-refractivity contribution < 1.29 is 13.7 Å². The van der Waals surface area contributed by atoms with Gasteiger partial charge >= 0.3 is 0 Å². The van der Waals surface area contributed by atoms with Crippen molar-refractivity contribution in [1.82, 2.24) is 5.34 Å². The molecule has 0 aliphatic heterocycles. The quantitative estimate of drug-likeness (QED) is 0.331. The van der Waals surface area contributed by atoms with Gasteiger partial charge in [0.1, 0.15) is 0 Å². The fourth-order valence-electron chi connectivity index (χ4n) is 0.375. The van der Waals surface area contributed by atoms with Crippen LogP contribution in [0.1, 0.15) is 6.92 Å². The van der Waals surface area contributed by atoms with E-state index in [-0.39, 0.29) is 6.61 Å². The molecule has 4 heteroatoms. The second kappa shape index (κ2) is 4.40. The average molecular weight is 137 g/mol. The van der Waals surface area contributed by atoms with Crippen LogP contribution in [0.4, 0.5) is 8.96 Å². The van der Waals surface area contributed by atoms with Gasteiger partial charge < -0.3 is 4.74 Å². The van der Waals surface area contributed by atoms with Gasteiger partial charge in [-0.3, -0.25) is 0 Å². The van der Waals surface area contributed by atoms with Gasteiger partial charge in [-0.15, -0.1) is 0 Å². The first-order chi connectivity index (χ1) is 4.22. The Morgan fingerprint density at radius 1 is 1.78 bits per heavy atom. The zero-order valence-electron chi connectivity index (χ0n) is 5.18. The molecule has 0 fully saturated rings. The van der Waals surface area contributed by atoms with Crippen molar-refractivity contribution in [3.05, 3.63) is 12.7 Å². The molecule has 2 nitrogen and oxygen atoms in total. The Balaban J connectivity index is 3.54. The highest BCUT2D eigenvalue weighted by Crippen LogP contribution is 2.02. The largest absolute Gasteiger partial charge is 0.354 e. The van der Waals surface area contributed by atoms with Crippen LogP contribution >= 0.6 is 0 Å². The zero-order valence-corrected chi connectivity index (χ0v) is 5.18. The zero-order chi connectivity index (χ0) is 7.28. The molecule has 1 unspecified atom stereocenters. The first-order valence-corrected chi connectivity index (χ1v) is 2.57. The number of halogens is 2. The van der Waals surface area contributed by atoms with Crippen LogP contribution < -0.4 is 0 Å². The van der Waals surface area contributed by atoms with Gasteiger partial charge in [0.25, 0.3) is 0 Å². The molecule has 0 N–H and O–H groups in total. The first kappa shape index (κ1) is 8.52. The number of hydrogen-bond acceptors (Lipinski definition) is 2. The molecule has 0 saturated carbocycles. The minimum Gasteiger partial charge on any atom is -0.354 e. The summed E-state index contributed by atoms with van der Waals surface area (Å²) in [6.07, 6.45) is -0.237. The molecule has 0 aliphatic carbocycles. The molecular weight excluding hydrogens is 128 g/mol. The van der Waals surface area contributed by atoms with Gasteiger partial charge in [0.05, 0.1) is 5.34 Å². The highest BCUT2D eigenvalue weighted by molar-refractivity contribution is 4.73. The molecule has 0 aromatic carbocycles. The summed E-state index contributed by atoms with van der Waals surface area (Å²) in [4.78, 5) is 0. The predicted octanol–water partition coefficient (Wildman–Crippen LogP) is 1.61. The third-order valence-electron chi connectivity index (χ3n) is 0.731.